The van der Waals surface area contributed by atoms with Gasteiger partial charge in [-0.3, -0.25) is 0 Å². The molecule has 0 saturated heterocycles. The molecule has 1 aromatic carbocycles. The van der Waals surface area contributed by atoms with E-state index in [0.29, 0.717) is 5.56 Å². The smallest absolute Gasteiger partial charge is 0.382 e. The molecular weight excluding hydrogens is 293 g/mol. The molecule has 0 spiro atoms. The van der Waals surface area contributed by atoms with Crippen LogP contribution in [0.3, 0.4) is 0 Å². The first kappa shape index (κ1) is 14.4. The summed E-state index contributed by atoms with van der Waals surface area (Å²) in [5.74, 6) is 0.204. The van der Waals surface area contributed by atoms with Gasteiger partial charge < -0.3 is 11.1 Å². The summed E-state index contributed by atoms with van der Waals surface area (Å²) >= 11 is 5.89. The molecule has 4 nitrogen and oxygen atoms in total. The first-order valence-corrected chi connectivity index (χ1v) is 5.87. The monoisotopic (exact) mass is 302 g/mol. The third kappa shape index (κ3) is 2.93. The van der Waals surface area contributed by atoms with Crippen molar-refractivity contribution in [1.29, 1.82) is 0 Å². The van der Waals surface area contributed by atoms with Crippen LogP contribution in [0.5, 0.6) is 0 Å². The molecular formula is C12H10ClF3N4. The normalized spacial score (nSPS) is 11.4. The molecule has 3 N–H and O–H groups in total. The largest absolute Gasteiger partial charge is 0.416 e. The van der Waals surface area contributed by atoms with E-state index in [9.17, 15) is 13.2 Å². The molecule has 0 fully saturated rings. The van der Waals surface area contributed by atoms with Crippen LogP contribution in [0, 0.1) is 6.92 Å². The fourth-order valence-electron chi connectivity index (χ4n) is 1.53. The number of hydrogen-bond donors (Lipinski definition) is 2. The van der Waals surface area contributed by atoms with Crippen molar-refractivity contribution in [3.05, 3.63) is 40.7 Å². The molecule has 0 radical (unpaired) electrons. The number of aromatic nitrogens is 2. The Balaban J connectivity index is 2.41. The maximum atomic E-state index is 12.7. The standard InChI is InChI=1S/C12H10ClF3N4/c1-6-2-3-7(12(14,15)16)4-8(6)20-11-9(13)10(17)18-5-19-11/h2-5H,1H3,(H3,17,18,19,20). The van der Waals surface area contributed by atoms with Crippen LogP contribution in [0.4, 0.5) is 30.5 Å². The van der Waals surface area contributed by atoms with E-state index in [1.54, 1.807) is 6.92 Å². The summed E-state index contributed by atoms with van der Waals surface area (Å²) in [5.41, 5.74) is 5.61. The Bertz CT molecular complexity index is 643. The van der Waals surface area contributed by atoms with Crippen molar-refractivity contribution in [2.75, 3.05) is 11.1 Å². The van der Waals surface area contributed by atoms with Gasteiger partial charge in [0.15, 0.2) is 5.82 Å². The summed E-state index contributed by atoms with van der Waals surface area (Å²) in [4.78, 5) is 7.53. The molecule has 8 heteroatoms. The number of nitrogens with one attached hydrogen (secondary N) is 1. The lowest BCUT2D eigenvalue weighted by atomic mass is 10.1. The van der Waals surface area contributed by atoms with Gasteiger partial charge in [-0.1, -0.05) is 17.7 Å². The number of nitrogens with two attached hydrogens (primary N) is 1. The topological polar surface area (TPSA) is 63.8 Å². The minimum absolute atomic E-state index is 0.0498. The molecule has 20 heavy (non-hydrogen) atoms. The quantitative estimate of drug-likeness (QED) is 0.886. The van der Waals surface area contributed by atoms with Gasteiger partial charge in [-0.2, -0.15) is 13.2 Å². The predicted octanol–water partition coefficient (Wildman–Crippen LogP) is 3.78. The second-order valence-corrected chi connectivity index (χ2v) is 4.45. The van der Waals surface area contributed by atoms with Gasteiger partial charge >= 0.3 is 6.18 Å². The first-order valence-electron chi connectivity index (χ1n) is 5.50. The number of halogens is 4. The average molecular weight is 303 g/mol. The maximum absolute atomic E-state index is 12.7. The Morgan fingerprint density at radius 1 is 1.25 bits per heavy atom. The second kappa shape index (κ2) is 5.16. The average Bonchev–Trinajstić information content (AvgIpc) is 2.36. The summed E-state index contributed by atoms with van der Waals surface area (Å²) in [5, 5.41) is 2.79. The van der Waals surface area contributed by atoms with E-state index in [0.717, 1.165) is 12.1 Å². The van der Waals surface area contributed by atoms with Crippen molar-refractivity contribution in [2.45, 2.75) is 13.1 Å². The van der Waals surface area contributed by atoms with Crippen molar-refractivity contribution in [1.82, 2.24) is 9.97 Å². The molecule has 0 saturated carbocycles. The summed E-state index contributed by atoms with van der Waals surface area (Å²) in [7, 11) is 0. The molecule has 106 valence electrons. The van der Waals surface area contributed by atoms with E-state index >= 15 is 0 Å². The van der Waals surface area contributed by atoms with Gasteiger partial charge in [-0.25, -0.2) is 9.97 Å². The third-order valence-electron chi connectivity index (χ3n) is 2.63. The van der Waals surface area contributed by atoms with Crippen LogP contribution in [0.15, 0.2) is 24.5 Å². The molecule has 0 bridgehead atoms. The van der Waals surface area contributed by atoms with Gasteiger partial charge in [0.05, 0.1) is 5.56 Å². The van der Waals surface area contributed by atoms with Crippen LogP contribution >= 0.6 is 11.6 Å². The lowest BCUT2D eigenvalue weighted by Gasteiger charge is -2.13. The fourth-order valence-corrected chi connectivity index (χ4v) is 1.68. The van der Waals surface area contributed by atoms with Crippen LogP contribution in [-0.2, 0) is 6.18 Å². The Hall–Kier alpha value is -2.02. The molecule has 1 aromatic heterocycles. The van der Waals surface area contributed by atoms with Gasteiger partial charge in [-0.15, -0.1) is 0 Å². The highest BCUT2D eigenvalue weighted by atomic mass is 35.5. The van der Waals surface area contributed by atoms with Gasteiger partial charge in [-0.05, 0) is 24.6 Å². The fraction of sp³-hybridized carbons (Fsp3) is 0.167. The minimum atomic E-state index is -4.42. The predicted molar refractivity (Wildman–Crippen MR) is 70.9 cm³/mol. The lowest BCUT2D eigenvalue weighted by Crippen LogP contribution is -2.07. The molecule has 0 aliphatic heterocycles. The van der Waals surface area contributed by atoms with Gasteiger partial charge in [0.1, 0.15) is 17.2 Å². The highest BCUT2D eigenvalue weighted by molar-refractivity contribution is 6.35. The Morgan fingerprint density at radius 2 is 1.95 bits per heavy atom. The number of rotatable bonds is 2. The molecule has 0 atom stereocenters. The van der Waals surface area contributed by atoms with Gasteiger partial charge in [0.25, 0.3) is 0 Å². The summed E-state index contributed by atoms with van der Waals surface area (Å²) in [6, 6.07) is 3.37. The summed E-state index contributed by atoms with van der Waals surface area (Å²) in [6.07, 6.45) is -3.24. The van der Waals surface area contributed by atoms with Gasteiger partial charge in [0.2, 0.25) is 0 Å². The molecule has 0 amide bonds. The number of alkyl halides is 3. The number of nitrogen functional groups attached to an aromatic ring is 1. The van der Waals surface area contributed by atoms with E-state index in [1.807, 2.05) is 0 Å². The molecule has 1 heterocycles. The van der Waals surface area contributed by atoms with Gasteiger partial charge in [0, 0.05) is 5.69 Å². The van der Waals surface area contributed by atoms with E-state index in [2.05, 4.69) is 15.3 Å². The number of benzene rings is 1. The van der Waals surface area contributed by atoms with Crippen molar-refractivity contribution >= 4 is 28.9 Å². The minimum Gasteiger partial charge on any atom is -0.382 e. The SMILES string of the molecule is Cc1ccc(C(F)(F)F)cc1Nc1ncnc(N)c1Cl. The zero-order valence-electron chi connectivity index (χ0n) is 10.3. The Kier molecular flexibility index (Phi) is 3.71. The third-order valence-corrected chi connectivity index (χ3v) is 3.01. The number of hydrogen-bond acceptors (Lipinski definition) is 4. The molecule has 0 aliphatic carbocycles. The zero-order chi connectivity index (χ0) is 14.9. The van der Waals surface area contributed by atoms with E-state index < -0.39 is 11.7 Å². The van der Waals surface area contributed by atoms with Crippen LogP contribution < -0.4 is 11.1 Å². The molecule has 2 rings (SSSR count). The van der Waals surface area contributed by atoms with E-state index in [1.165, 1.54) is 12.4 Å². The number of anilines is 3. The van der Waals surface area contributed by atoms with Crippen LogP contribution in [0.25, 0.3) is 0 Å². The Labute approximate surface area is 117 Å². The highest BCUT2D eigenvalue weighted by Gasteiger charge is 2.30. The number of aryl methyl sites for hydroxylation is 1. The van der Waals surface area contributed by atoms with Crippen molar-refractivity contribution in [2.24, 2.45) is 0 Å². The van der Waals surface area contributed by atoms with Crippen LogP contribution in [0.2, 0.25) is 5.02 Å². The van der Waals surface area contributed by atoms with Crippen molar-refractivity contribution in [3.8, 4) is 0 Å². The van der Waals surface area contributed by atoms with Crippen LogP contribution in [0.1, 0.15) is 11.1 Å². The summed E-state index contributed by atoms with van der Waals surface area (Å²) < 4.78 is 38.0. The van der Waals surface area contributed by atoms with Crippen LogP contribution in [-0.4, -0.2) is 9.97 Å². The second-order valence-electron chi connectivity index (χ2n) is 4.07. The van der Waals surface area contributed by atoms with Crippen molar-refractivity contribution in [3.63, 3.8) is 0 Å². The van der Waals surface area contributed by atoms with E-state index in [4.69, 9.17) is 17.3 Å². The lowest BCUT2D eigenvalue weighted by molar-refractivity contribution is -0.137. The number of nitrogens with zero attached hydrogens (tertiary/aromatic N) is 2. The summed E-state index contributed by atoms with van der Waals surface area (Å²) in [6.45, 7) is 1.67. The zero-order valence-corrected chi connectivity index (χ0v) is 11.0. The maximum Gasteiger partial charge on any atom is 0.416 e. The first-order chi connectivity index (χ1) is 9.29. The molecule has 0 unspecified atom stereocenters. The highest BCUT2D eigenvalue weighted by Crippen LogP contribution is 2.34. The Morgan fingerprint density at radius 3 is 2.60 bits per heavy atom. The van der Waals surface area contributed by atoms with Crippen molar-refractivity contribution < 1.29 is 13.2 Å². The molecule has 2 aromatic rings. The van der Waals surface area contributed by atoms with E-state index in [-0.39, 0.29) is 22.3 Å². The molecule has 0 aliphatic rings.